The molecule has 2 aromatic rings. The summed E-state index contributed by atoms with van der Waals surface area (Å²) in [6, 6.07) is 2.58. The molecule has 0 aromatic carbocycles. The number of nitrogens with one attached hydrogen (secondary N) is 2. The van der Waals surface area contributed by atoms with E-state index in [9.17, 15) is 9.59 Å². The zero-order chi connectivity index (χ0) is 23.1. The summed E-state index contributed by atoms with van der Waals surface area (Å²) in [5, 5.41) is 5.75. The van der Waals surface area contributed by atoms with Crippen LogP contribution in [0.5, 0.6) is 0 Å². The van der Waals surface area contributed by atoms with Crippen LogP contribution in [0.25, 0.3) is 11.2 Å². The van der Waals surface area contributed by atoms with Gasteiger partial charge in [0.2, 0.25) is 5.91 Å². The molecule has 2 N–H and O–H groups in total. The highest BCUT2D eigenvalue weighted by molar-refractivity contribution is 14.1. The molecule has 9 nitrogen and oxygen atoms in total. The molecule has 3 heterocycles. The Morgan fingerprint density at radius 3 is 2.88 bits per heavy atom. The van der Waals surface area contributed by atoms with E-state index in [-0.39, 0.29) is 18.0 Å². The van der Waals surface area contributed by atoms with Crippen molar-refractivity contribution in [1.82, 2.24) is 24.8 Å². The minimum atomic E-state index is -1.12. The van der Waals surface area contributed by atoms with E-state index in [4.69, 9.17) is 4.74 Å². The zero-order valence-corrected chi connectivity index (χ0v) is 22.2. The number of alkyl halides is 1. The lowest BCUT2D eigenvalue weighted by Gasteiger charge is -2.24. The molecular weight excluding hydrogens is 539 g/mol. The van der Waals surface area contributed by atoms with Crippen molar-refractivity contribution in [2.24, 2.45) is 0 Å². The van der Waals surface area contributed by atoms with Gasteiger partial charge >= 0.3 is 6.03 Å². The van der Waals surface area contributed by atoms with Crippen LogP contribution in [-0.2, 0) is 16.3 Å². The third-order valence-electron chi connectivity index (χ3n) is 5.41. The molecule has 1 unspecified atom stereocenters. The van der Waals surface area contributed by atoms with Gasteiger partial charge in [-0.05, 0) is 31.4 Å². The topological polar surface area (TPSA) is 101 Å². The summed E-state index contributed by atoms with van der Waals surface area (Å²) in [6.07, 6.45) is 6.24. The van der Waals surface area contributed by atoms with Gasteiger partial charge in [-0.2, -0.15) is 0 Å². The number of hydrogen-bond donors (Lipinski definition) is 2. The molecule has 176 valence electrons. The van der Waals surface area contributed by atoms with Crippen LogP contribution in [0.1, 0.15) is 19.3 Å². The van der Waals surface area contributed by atoms with Crippen molar-refractivity contribution in [1.29, 1.82) is 0 Å². The molecule has 0 bridgehead atoms. The minimum absolute atomic E-state index is 0.0736. The van der Waals surface area contributed by atoms with Crippen LogP contribution in [0.4, 0.5) is 10.6 Å². The number of urea groups is 1. The number of carbonyl (C=O) groups is 2. The second-order valence-corrected chi connectivity index (χ2v) is 15.7. The molecule has 1 aliphatic heterocycles. The van der Waals surface area contributed by atoms with Crippen LogP contribution in [0, 0.1) is 0 Å². The van der Waals surface area contributed by atoms with Crippen molar-refractivity contribution in [2.75, 3.05) is 29.4 Å². The minimum Gasteiger partial charge on any atom is -0.361 e. The molecule has 0 saturated carbocycles. The molecule has 0 radical (unpaired) electrons. The van der Waals surface area contributed by atoms with Crippen molar-refractivity contribution in [3.63, 3.8) is 0 Å². The van der Waals surface area contributed by atoms with Gasteiger partial charge in [0.15, 0.2) is 11.5 Å². The molecule has 0 spiro atoms. The lowest BCUT2D eigenvalue weighted by molar-refractivity contribution is -0.128. The van der Waals surface area contributed by atoms with Crippen LogP contribution < -0.4 is 10.6 Å². The molecular formula is C21H33IN6O3Si. The lowest BCUT2D eigenvalue weighted by atomic mass is 10.1. The summed E-state index contributed by atoms with van der Waals surface area (Å²) in [5.41, 5.74) is 1.42. The van der Waals surface area contributed by atoms with E-state index in [1.54, 1.807) is 6.20 Å². The maximum Gasteiger partial charge on any atom is 0.320 e. The fourth-order valence-corrected chi connectivity index (χ4v) is 4.81. The van der Waals surface area contributed by atoms with Gasteiger partial charge < -0.3 is 19.5 Å². The molecule has 3 amide bonds. The predicted octanol–water partition coefficient (Wildman–Crippen LogP) is 3.68. The standard InChI is InChI=1S/C21H33IN6O3Si/c1-32(2,3)11-10-31-15-28-9-7-17-20(28)23-13-18(25-17)26-21(30)24-16-6-4-5-8-27(14-16)19(29)12-22/h7,9,13,16H,4-6,8,10-12,14-15H2,1-3H3,(H2,24,25,26,30). The van der Waals surface area contributed by atoms with Gasteiger partial charge in [-0.25, -0.2) is 14.8 Å². The number of likely N-dealkylation sites (tertiary alicyclic amines) is 1. The van der Waals surface area contributed by atoms with Gasteiger partial charge in [0.05, 0.1) is 10.6 Å². The Hall–Kier alpha value is -1.73. The van der Waals surface area contributed by atoms with Crippen LogP contribution >= 0.6 is 22.6 Å². The van der Waals surface area contributed by atoms with Crippen molar-refractivity contribution in [2.45, 2.75) is 57.7 Å². The number of ether oxygens (including phenoxy) is 1. The Bertz CT molecular complexity index is 932. The van der Waals surface area contributed by atoms with Gasteiger partial charge in [-0.1, -0.05) is 42.2 Å². The second kappa shape index (κ2) is 11.4. The van der Waals surface area contributed by atoms with Crippen LogP contribution in [-0.4, -0.2) is 69.6 Å². The Balaban J connectivity index is 1.54. The normalized spacial score (nSPS) is 17.2. The molecule has 32 heavy (non-hydrogen) atoms. The second-order valence-electron chi connectivity index (χ2n) is 9.36. The molecule has 1 atom stereocenters. The maximum absolute atomic E-state index is 12.5. The van der Waals surface area contributed by atoms with E-state index in [0.29, 0.717) is 29.0 Å². The van der Waals surface area contributed by atoms with Crippen LogP contribution in [0.15, 0.2) is 18.5 Å². The quantitative estimate of drug-likeness (QED) is 0.218. The van der Waals surface area contributed by atoms with E-state index in [2.05, 4.69) is 62.8 Å². The van der Waals surface area contributed by atoms with Crippen LogP contribution in [0.3, 0.4) is 0 Å². The monoisotopic (exact) mass is 572 g/mol. The molecule has 0 aliphatic carbocycles. The SMILES string of the molecule is C[Si](C)(C)CCOCn1ccc2nc(NC(=O)NC3CCCCN(C(=O)CI)C3)cnc21. The third-order valence-corrected chi connectivity index (χ3v) is 7.76. The molecule has 1 fully saturated rings. The highest BCUT2D eigenvalue weighted by atomic mass is 127. The predicted molar refractivity (Wildman–Crippen MR) is 137 cm³/mol. The zero-order valence-electron chi connectivity index (χ0n) is 19.1. The molecule has 1 saturated heterocycles. The smallest absolute Gasteiger partial charge is 0.320 e. The van der Waals surface area contributed by atoms with E-state index in [1.165, 1.54) is 0 Å². The van der Waals surface area contributed by atoms with Crippen molar-refractivity contribution >= 4 is 59.6 Å². The first kappa shape index (κ1) is 24.9. The Labute approximate surface area is 203 Å². The summed E-state index contributed by atoms with van der Waals surface area (Å²) in [7, 11) is -1.12. The largest absolute Gasteiger partial charge is 0.361 e. The van der Waals surface area contributed by atoms with Crippen LogP contribution in [0.2, 0.25) is 25.7 Å². The third kappa shape index (κ3) is 7.41. The number of nitrogens with zero attached hydrogens (tertiary/aromatic N) is 4. The summed E-state index contributed by atoms with van der Waals surface area (Å²) in [5.74, 6) is 0.506. The highest BCUT2D eigenvalue weighted by Crippen LogP contribution is 2.16. The van der Waals surface area contributed by atoms with Gasteiger partial charge in [0.1, 0.15) is 12.2 Å². The highest BCUT2D eigenvalue weighted by Gasteiger charge is 2.23. The number of amides is 3. The number of carbonyl (C=O) groups excluding carboxylic acids is 2. The van der Waals surface area contributed by atoms with Gasteiger partial charge in [0, 0.05) is 40.0 Å². The fourth-order valence-electron chi connectivity index (χ4n) is 3.58. The molecule has 11 heteroatoms. The first-order chi connectivity index (χ1) is 15.2. The number of rotatable bonds is 8. The summed E-state index contributed by atoms with van der Waals surface area (Å²) in [4.78, 5) is 35.4. The van der Waals surface area contributed by atoms with Gasteiger partial charge in [-0.3, -0.25) is 10.1 Å². The van der Waals surface area contributed by atoms with E-state index in [0.717, 1.165) is 44.1 Å². The fraction of sp³-hybridized carbons (Fsp3) is 0.619. The van der Waals surface area contributed by atoms with E-state index in [1.807, 2.05) is 21.7 Å². The number of aromatic nitrogens is 3. The van der Waals surface area contributed by atoms with Crippen molar-refractivity contribution in [3.8, 4) is 0 Å². The maximum atomic E-state index is 12.5. The van der Waals surface area contributed by atoms with Crippen molar-refractivity contribution < 1.29 is 14.3 Å². The van der Waals surface area contributed by atoms with Gasteiger partial charge in [-0.15, -0.1) is 0 Å². The van der Waals surface area contributed by atoms with Gasteiger partial charge in [0.25, 0.3) is 0 Å². The summed E-state index contributed by atoms with van der Waals surface area (Å²) < 4.78 is 8.18. The van der Waals surface area contributed by atoms with E-state index < -0.39 is 8.07 Å². The number of anilines is 1. The molecule has 1 aliphatic rings. The number of fused-ring (bicyclic) bond motifs is 1. The number of hydrogen-bond acceptors (Lipinski definition) is 5. The summed E-state index contributed by atoms with van der Waals surface area (Å²) in [6.45, 7) is 9.45. The Morgan fingerprint density at radius 1 is 1.31 bits per heavy atom. The lowest BCUT2D eigenvalue weighted by Crippen LogP contribution is -2.46. The molecule has 2 aromatic heterocycles. The Kier molecular flexibility index (Phi) is 8.88. The average molecular weight is 573 g/mol. The van der Waals surface area contributed by atoms with E-state index >= 15 is 0 Å². The first-order valence-electron chi connectivity index (χ1n) is 11.1. The van der Waals surface area contributed by atoms with Crippen molar-refractivity contribution in [3.05, 3.63) is 18.5 Å². The summed E-state index contributed by atoms with van der Waals surface area (Å²) >= 11 is 2.08. The average Bonchev–Trinajstić information content (AvgIpc) is 2.98. The first-order valence-corrected chi connectivity index (χ1v) is 16.3. The number of halogens is 1. The molecule has 3 rings (SSSR count). The Morgan fingerprint density at radius 2 is 2.12 bits per heavy atom.